The van der Waals surface area contributed by atoms with Crippen molar-refractivity contribution < 1.29 is 4.79 Å². The highest BCUT2D eigenvalue weighted by Gasteiger charge is 2.19. The summed E-state index contributed by atoms with van der Waals surface area (Å²) >= 11 is 1.35. The number of anilines is 2. The molecule has 0 saturated carbocycles. The van der Waals surface area contributed by atoms with Crippen LogP contribution in [0.5, 0.6) is 0 Å². The quantitative estimate of drug-likeness (QED) is 0.900. The number of hydrogen-bond acceptors (Lipinski definition) is 7. The minimum atomic E-state index is -0.267. The molecule has 7 nitrogen and oxygen atoms in total. The van der Waals surface area contributed by atoms with Crippen molar-refractivity contribution in [3.8, 4) is 0 Å². The molecule has 2 aromatic rings. The predicted molar refractivity (Wildman–Crippen MR) is 99.4 cm³/mol. The summed E-state index contributed by atoms with van der Waals surface area (Å²) in [5.74, 6) is 0.618. The number of amides is 1. The van der Waals surface area contributed by atoms with Crippen LogP contribution in [-0.2, 0) is 0 Å². The van der Waals surface area contributed by atoms with Gasteiger partial charge in [0.2, 0.25) is 11.1 Å². The SMILES string of the molecule is Cc1nnc(NC(=O)c2cc(C(C)C)nc(N3CCCCCC3)n2)s1. The predicted octanol–water partition coefficient (Wildman–Crippen LogP) is 3.39. The van der Waals surface area contributed by atoms with E-state index in [0.717, 1.165) is 36.6 Å². The van der Waals surface area contributed by atoms with Crippen molar-refractivity contribution in [3.63, 3.8) is 0 Å². The molecule has 25 heavy (non-hydrogen) atoms. The van der Waals surface area contributed by atoms with E-state index in [1.165, 1.54) is 24.2 Å². The molecule has 1 aliphatic heterocycles. The van der Waals surface area contributed by atoms with Gasteiger partial charge in [-0.15, -0.1) is 10.2 Å². The molecule has 0 aromatic carbocycles. The van der Waals surface area contributed by atoms with Gasteiger partial charge in [-0.3, -0.25) is 10.1 Å². The molecule has 134 valence electrons. The second kappa shape index (κ2) is 7.86. The fourth-order valence-corrected chi connectivity index (χ4v) is 3.37. The van der Waals surface area contributed by atoms with Crippen LogP contribution in [-0.4, -0.2) is 39.2 Å². The Morgan fingerprint density at radius 3 is 2.48 bits per heavy atom. The lowest BCUT2D eigenvalue weighted by molar-refractivity contribution is 0.102. The summed E-state index contributed by atoms with van der Waals surface area (Å²) < 4.78 is 0. The normalized spacial score (nSPS) is 15.3. The average molecular weight is 360 g/mol. The molecule has 2 aromatic heterocycles. The third-order valence-electron chi connectivity index (χ3n) is 4.19. The molecule has 0 bridgehead atoms. The number of carbonyl (C=O) groups excluding carboxylic acids is 1. The van der Waals surface area contributed by atoms with Gasteiger partial charge in [-0.2, -0.15) is 0 Å². The molecule has 3 heterocycles. The van der Waals surface area contributed by atoms with Crippen LogP contribution in [0.2, 0.25) is 0 Å². The van der Waals surface area contributed by atoms with Crippen molar-refractivity contribution in [2.45, 2.75) is 52.4 Å². The highest BCUT2D eigenvalue weighted by molar-refractivity contribution is 7.15. The Kier molecular flexibility index (Phi) is 5.57. The Balaban J connectivity index is 1.87. The summed E-state index contributed by atoms with van der Waals surface area (Å²) in [6, 6.07) is 1.77. The van der Waals surface area contributed by atoms with Crippen LogP contribution in [0, 0.1) is 6.92 Å². The summed E-state index contributed by atoms with van der Waals surface area (Å²) in [5.41, 5.74) is 1.26. The fourth-order valence-electron chi connectivity index (χ4n) is 2.79. The van der Waals surface area contributed by atoms with Gasteiger partial charge in [-0.1, -0.05) is 38.0 Å². The van der Waals surface area contributed by atoms with Crippen LogP contribution in [0.3, 0.4) is 0 Å². The van der Waals surface area contributed by atoms with E-state index in [2.05, 4.69) is 39.2 Å². The van der Waals surface area contributed by atoms with Crippen molar-refractivity contribution in [2.24, 2.45) is 0 Å². The highest BCUT2D eigenvalue weighted by atomic mass is 32.1. The highest BCUT2D eigenvalue weighted by Crippen LogP contribution is 2.21. The van der Waals surface area contributed by atoms with Gasteiger partial charge in [0.1, 0.15) is 10.7 Å². The Bertz CT molecular complexity index is 736. The second-order valence-corrected chi connectivity index (χ2v) is 7.80. The van der Waals surface area contributed by atoms with E-state index in [9.17, 15) is 4.79 Å². The van der Waals surface area contributed by atoms with Crippen molar-refractivity contribution >= 4 is 28.3 Å². The topological polar surface area (TPSA) is 83.9 Å². The van der Waals surface area contributed by atoms with E-state index >= 15 is 0 Å². The first-order valence-corrected chi connectivity index (χ1v) is 9.60. The summed E-state index contributed by atoms with van der Waals surface area (Å²) in [6.45, 7) is 7.89. The summed E-state index contributed by atoms with van der Waals surface area (Å²) in [6.07, 6.45) is 4.76. The molecule has 1 saturated heterocycles. The molecule has 1 fully saturated rings. The molecule has 3 rings (SSSR count). The van der Waals surface area contributed by atoms with Crippen LogP contribution < -0.4 is 10.2 Å². The molecule has 1 aliphatic rings. The zero-order valence-electron chi connectivity index (χ0n) is 14.9. The summed E-state index contributed by atoms with van der Waals surface area (Å²) in [4.78, 5) is 24.1. The maximum atomic E-state index is 12.6. The van der Waals surface area contributed by atoms with Gasteiger partial charge in [0.05, 0.1) is 0 Å². The van der Waals surface area contributed by atoms with Crippen molar-refractivity contribution in [3.05, 3.63) is 22.5 Å². The van der Waals surface area contributed by atoms with Gasteiger partial charge in [-0.05, 0) is 31.7 Å². The zero-order chi connectivity index (χ0) is 17.8. The van der Waals surface area contributed by atoms with Crippen molar-refractivity contribution in [1.82, 2.24) is 20.2 Å². The van der Waals surface area contributed by atoms with E-state index in [1.54, 1.807) is 6.07 Å². The minimum Gasteiger partial charge on any atom is -0.341 e. The molecular weight excluding hydrogens is 336 g/mol. The molecule has 0 aliphatic carbocycles. The van der Waals surface area contributed by atoms with Gasteiger partial charge in [0.15, 0.2) is 0 Å². The number of nitrogens with one attached hydrogen (secondary N) is 1. The zero-order valence-corrected chi connectivity index (χ0v) is 15.8. The third-order valence-corrected chi connectivity index (χ3v) is 4.95. The Morgan fingerprint density at radius 1 is 1.16 bits per heavy atom. The van der Waals surface area contributed by atoms with Gasteiger partial charge in [-0.25, -0.2) is 9.97 Å². The molecule has 0 unspecified atom stereocenters. The smallest absolute Gasteiger partial charge is 0.276 e. The molecule has 0 atom stereocenters. The van der Waals surface area contributed by atoms with Crippen LogP contribution in [0.4, 0.5) is 11.1 Å². The van der Waals surface area contributed by atoms with Crippen molar-refractivity contribution in [2.75, 3.05) is 23.3 Å². The third kappa shape index (κ3) is 4.50. The maximum absolute atomic E-state index is 12.6. The van der Waals surface area contributed by atoms with Gasteiger partial charge in [0, 0.05) is 18.8 Å². The molecule has 0 spiro atoms. The lowest BCUT2D eigenvalue weighted by atomic mass is 10.1. The van der Waals surface area contributed by atoms with Crippen LogP contribution >= 0.6 is 11.3 Å². The first-order chi connectivity index (χ1) is 12.0. The second-order valence-electron chi connectivity index (χ2n) is 6.61. The molecule has 8 heteroatoms. The summed E-state index contributed by atoms with van der Waals surface area (Å²) in [7, 11) is 0. The monoisotopic (exact) mass is 360 g/mol. The van der Waals surface area contributed by atoms with E-state index < -0.39 is 0 Å². The van der Waals surface area contributed by atoms with E-state index in [0.29, 0.717) is 16.8 Å². The largest absolute Gasteiger partial charge is 0.341 e. The maximum Gasteiger partial charge on any atom is 0.276 e. The lowest BCUT2D eigenvalue weighted by Gasteiger charge is -2.21. The Hall–Kier alpha value is -2.09. The van der Waals surface area contributed by atoms with Crippen LogP contribution in [0.1, 0.15) is 66.6 Å². The Labute approximate surface area is 151 Å². The van der Waals surface area contributed by atoms with Gasteiger partial charge < -0.3 is 4.90 Å². The van der Waals surface area contributed by atoms with Gasteiger partial charge in [0.25, 0.3) is 5.91 Å². The molecule has 1 N–H and O–H groups in total. The Morgan fingerprint density at radius 2 is 1.88 bits per heavy atom. The first-order valence-electron chi connectivity index (χ1n) is 8.78. The van der Waals surface area contributed by atoms with Crippen LogP contribution in [0.15, 0.2) is 6.07 Å². The van der Waals surface area contributed by atoms with Gasteiger partial charge >= 0.3 is 0 Å². The van der Waals surface area contributed by atoms with Crippen molar-refractivity contribution in [1.29, 1.82) is 0 Å². The standard InChI is InChI=1S/C17H24N6OS/c1-11(2)13-10-14(15(24)20-17-22-21-12(3)25-17)19-16(18-13)23-8-6-4-5-7-9-23/h10-11H,4-9H2,1-3H3,(H,20,22,24). The molecule has 0 radical (unpaired) electrons. The minimum absolute atomic E-state index is 0.226. The van der Waals surface area contributed by atoms with Crippen LogP contribution in [0.25, 0.3) is 0 Å². The molecule has 1 amide bonds. The summed E-state index contributed by atoms with van der Waals surface area (Å²) in [5, 5.41) is 12.0. The van der Waals surface area contributed by atoms with E-state index in [1.807, 2.05) is 6.92 Å². The number of rotatable bonds is 4. The fraction of sp³-hybridized carbons (Fsp3) is 0.588. The number of hydrogen-bond donors (Lipinski definition) is 1. The number of aryl methyl sites for hydroxylation is 1. The number of nitrogens with zero attached hydrogens (tertiary/aromatic N) is 5. The molecular formula is C17H24N6OS. The van der Waals surface area contributed by atoms with E-state index in [-0.39, 0.29) is 11.8 Å². The van der Waals surface area contributed by atoms with E-state index in [4.69, 9.17) is 4.98 Å². The average Bonchev–Trinajstić information content (AvgIpc) is 2.85. The first kappa shape index (κ1) is 17.7. The lowest BCUT2D eigenvalue weighted by Crippen LogP contribution is -2.28. The number of aromatic nitrogens is 4. The number of carbonyl (C=O) groups is 1.